The fourth-order valence-electron chi connectivity index (χ4n) is 3.06. The monoisotopic (exact) mass is 389 g/mol. The number of hydrogen-bond donors (Lipinski definition) is 0. The number of carbonyl (C=O) groups is 1. The minimum Gasteiger partial charge on any atom is -0.465 e. The van der Waals surface area contributed by atoms with Crippen LogP contribution in [-0.4, -0.2) is 31.8 Å². The molecule has 0 heterocycles. The molecule has 0 aliphatic heterocycles. The summed E-state index contributed by atoms with van der Waals surface area (Å²) < 4.78 is 33.3. The molecule has 0 atom stereocenters. The largest absolute Gasteiger partial charge is 0.465 e. The SMILES string of the molecule is CCOC(=O)CN(Cc1ccccc1)S(=O)(=O)c1c(C)c(C)cc(C)c1C. The van der Waals surface area contributed by atoms with Crippen molar-refractivity contribution in [3.63, 3.8) is 0 Å². The molecule has 0 N–H and O–H groups in total. The average molecular weight is 390 g/mol. The van der Waals surface area contributed by atoms with Crippen molar-refractivity contribution in [3.8, 4) is 0 Å². The molecule has 0 amide bonds. The standard InChI is InChI=1S/C21H27NO4S/c1-6-26-20(23)14-22(13-19-10-8-7-9-11-19)27(24,25)21-17(4)15(2)12-16(3)18(21)5/h7-12H,6,13-14H2,1-5H3. The van der Waals surface area contributed by atoms with Gasteiger partial charge in [-0.3, -0.25) is 4.79 Å². The third-order valence-corrected chi connectivity index (χ3v) is 6.77. The van der Waals surface area contributed by atoms with Gasteiger partial charge in [0, 0.05) is 6.54 Å². The van der Waals surface area contributed by atoms with Gasteiger partial charge in [0.05, 0.1) is 11.5 Å². The zero-order chi connectivity index (χ0) is 20.2. The quantitative estimate of drug-likeness (QED) is 0.678. The van der Waals surface area contributed by atoms with Gasteiger partial charge in [0.2, 0.25) is 10.0 Å². The highest BCUT2D eigenvalue weighted by Gasteiger charge is 2.31. The Morgan fingerprint density at radius 2 is 1.56 bits per heavy atom. The normalized spacial score (nSPS) is 11.6. The molecule has 0 aliphatic rings. The van der Waals surface area contributed by atoms with E-state index in [4.69, 9.17) is 4.74 Å². The van der Waals surface area contributed by atoms with Crippen LogP contribution in [0.5, 0.6) is 0 Å². The summed E-state index contributed by atoms with van der Waals surface area (Å²) in [6, 6.07) is 11.2. The van der Waals surface area contributed by atoms with E-state index >= 15 is 0 Å². The van der Waals surface area contributed by atoms with Crippen LogP contribution < -0.4 is 0 Å². The Bertz CT molecular complexity index is 895. The van der Waals surface area contributed by atoms with Crippen LogP contribution in [-0.2, 0) is 26.1 Å². The van der Waals surface area contributed by atoms with E-state index in [1.165, 1.54) is 4.31 Å². The Morgan fingerprint density at radius 3 is 2.07 bits per heavy atom. The minimum atomic E-state index is -3.89. The Hall–Kier alpha value is -2.18. The van der Waals surface area contributed by atoms with E-state index in [0.29, 0.717) is 11.1 Å². The molecule has 0 fully saturated rings. The third-order valence-electron chi connectivity index (χ3n) is 4.71. The third kappa shape index (κ3) is 4.76. The molecule has 0 unspecified atom stereocenters. The molecule has 0 saturated carbocycles. The Balaban J connectivity index is 2.55. The van der Waals surface area contributed by atoms with Crippen molar-refractivity contribution in [1.29, 1.82) is 0 Å². The summed E-state index contributed by atoms with van der Waals surface area (Å²) in [5.74, 6) is -0.559. The van der Waals surface area contributed by atoms with E-state index in [2.05, 4.69) is 0 Å². The molecule has 0 bridgehead atoms. The molecule has 2 aromatic carbocycles. The van der Waals surface area contributed by atoms with E-state index in [-0.39, 0.29) is 24.6 Å². The Morgan fingerprint density at radius 1 is 1.00 bits per heavy atom. The highest BCUT2D eigenvalue weighted by molar-refractivity contribution is 7.89. The number of rotatable bonds is 7. The van der Waals surface area contributed by atoms with Gasteiger partial charge in [0.15, 0.2) is 0 Å². The van der Waals surface area contributed by atoms with Crippen LogP contribution in [0.15, 0.2) is 41.3 Å². The number of aryl methyl sites for hydroxylation is 2. The van der Waals surface area contributed by atoms with Crippen LogP contribution in [0.25, 0.3) is 0 Å². The molecule has 146 valence electrons. The van der Waals surface area contributed by atoms with Crippen LogP contribution in [0.4, 0.5) is 0 Å². The maximum atomic E-state index is 13.5. The summed E-state index contributed by atoms with van der Waals surface area (Å²) >= 11 is 0. The van der Waals surface area contributed by atoms with Gasteiger partial charge in [-0.05, 0) is 62.4 Å². The first kappa shape index (κ1) is 21.1. The molecule has 2 aromatic rings. The van der Waals surface area contributed by atoms with Crippen LogP contribution in [0.2, 0.25) is 0 Å². The van der Waals surface area contributed by atoms with Crippen LogP contribution in [0, 0.1) is 27.7 Å². The molecular formula is C21H27NO4S. The summed E-state index contributed by atoms with van der Waals surface area (Å²) in [7, 11) is -3.89. The Labute approximate surface area is 162 Å². The summed E-state index contributed by atoms with van der Waals surface area (Å²) in [4.78, 5) is 12.4. The highest BCUT2D eigenvalue weighted by atomic mass is 32.2. The van der Waals surface area contributed by atoms with Crippen molar-refractivity contribution in [3.05, 3.63) is 64.2 Å². The van der Waals surface area contributed by atoms with E-state index < -0.39 is 16.0 Å². The molecule has 5 nitrogen and oxygen atoms in total. The lowest BCUT2D eigenvalue weighted by Gasteiger charge is -2.25. The predicted octanol–water partition coefficient (Wildman–Crippen LogP) is 3.67. The summed E-state index contributed by atoms with van der Waals surface area (Å²) in [5, 5.41) is 0. The molecule has 0 saturated heterocycles. The molecular weight excluding hydrogens is 362 g/mol. The van der Waals surface area contributed by atoms with Gasteiger partial charge < -0.3 is 4.74 Å². The molecule has 0 aromatic heterocycles. The van der Waals surface area contributed by atoms with E-state index in [0.717, 1.165) is 16.7 Å². The van der Waals surface area contributed by atoms with Crippen LogP contribution >= 0.6 is 0 Å². The van der Waals surface area contributed by atoms with Gasteiger partial charge >= 0.3 is 5.97 Å². The van der Waals surface area contributed by atoms with Gasteiger partial charge in [-0.1, -0.05) is 36.4 Å². The second kappa shape index (κ2) is 8.67. The molecule has 6 heteroatoms. The average Bonchev–Trinajstić information content (AvgIpc) is 2.60. The molecule has 27 heavy (non-hydrogen) atoms. The zero-order valence-corrected chi connectivity index (χ0v) is 17.4. The fraction of sp³-hybridized carbons (Fsp3) is 0.381. The summed E-state index contributed by atoms with van der Waals surface area (Å²) in [6.45, 7) is 9.09. The first-order valence-corrected chi connectivity index (χ1v) is 10.4. The van der Waals surface area contributed by atoms with Crippen LogP contribution in [0.3, 0.4) is 0 Å². The van der Waals surface area contributed by atoms with Gasteiger partial charge in [-0.15, -0.1) is 0 Å². The van der Waals surface area contributed by atoms with E-state index in [1.807, 2.05) is 50.2 Å². The van der Waals surface area contributed by atoms with Crippen molar-refractivity contribution in [2.24, 2.45) is 0 Å². The number of ether oxygens (including phenoxy) is 1. The zero-order valence-electron chi connectivity index (χ0n) is 16.6. The maximum Gasteiger partial charge on any atom is 0.321 e. The van der Waals surface area contributed by atoms with E-state index in [1.54, 1.807) is 20.8 Å². The second-order valence-electron chi connectivity index (χ2n) is 6.65. The van der Waals surface area contributed by atoms with Crippen molar-refractivity contribution in [2.75, 3.05) is 13.2 Å². The Kier molecular flexibility index (Phi) is 6.78. The van der Waals surface area contributed by atoms with Gasteiger partial charge in [-0.2, -0.15) is 4.31 Å². The number of esters is 1. The molecule has 0 aliphatic carbocycles. The lowest BCUT2D eigenvalue weighted by molar-refractivity contribution is -0.143. The van der Waals surface area contributed by atoms with Crippen molar-refractivity contribution < 1.29 is 17.9 Å². The number of benzene rings is 2. The molecule has 0 radical (unpaired) electrons. The fourth-order valence-corrected chi connectivity index (χ4v) is 5.01. The van der Waals surface area contributed by atoms with Crippen molar-refractivity contribution in [1.82, 2.24) is 4.31 Å². The lowest BCUT2D eigenvalue weighted by Crippen LogP contribution is -2.37. The lowest BCUT2D eigenvalue weighted by atomic mass is 10.0. The number of carbonyl (C=O) groups excluding carboxylic acids is 1. The molecule has 0 spiro atoms. The smallest absolute Gasteiger partial charge is 0.321 e. The second-order valence-corrected chi connectivity index (χ2v) is 8.53. The van der Waals surface area contributed by atoms with Crippen molar-refractivity contribution >= 4 is 16.0 Å². The van der Waals surface area contributed by atoms with Crippen molar-refractivity contribution in [2.45, 2.75) is 46.1 Å². The number of sulfonamides is 1. The first-order valence-electron chi connectivity index (χ1n) is 8.95. The maximum absolute atomic E-state index is 13.5. The van der Waals surface area contributed by atoms with Gasteiger partial charge in [-0.25, -0.2) is 8.42 Å². The predicted molar refractivity (Wildman–Crippen MR) is 106 cm³/mol. The number of hydrogen-bond acceptors (Lipinski definition) is 4. The van der Waals surface area contributed by atoms with Gasteiger partial charge in [0.1, 0.15) is 6.54 Å². The number of nitrogens with zero attached hydrogens (tertiary/aromatic N) is 1. The van der Waals surface area contributed by atoms with E-state index in [9.17, 15) is 13.2 Å². The molecule has 2 rings (SSSR count). The summed E-state index contributed by atoms with van der Waals surface area (Å²) in [5.41, 5.74) is 4.05. The first-order chi connectivity index (χ1) is 12.7. The topological polar surface area (TPSA) is 63.7 Å². The van der Waals surface area contributed by atoms with Crippen LogP contribution in [0.1, 0.15) is 34.7 Å². The van der Waals surface area contributed by atoms with Gasteiger partial charge in [0.25, 0.3) is 0 Å². The minimum absolute atomic E-state index is 0.105. The highest BCUT2D eigenvalue weighted by Crippen LogP contribution is 2.29. The summed E-state index contributed by atoms with van der Waals surface area (Å²) in [6.07, 6.45) is 0.